The molecule has 2 rings (SSSR count). The SMILES string of the molecule is COc1cc(C(=O)N(CCC#N)C2CC2)ccc1[N+](=O)[O-]. The predicted octanol–water partition coefficient (Wildman–Crippen LogP) is 2.12. The van der Waals surface area contributed by atoms with Gasteiger partial charge in [0.2, 0.25) is 0 Å². The number of nitro benzene ring substituents is 1. The van der Waals surface area contributed by atoms with Gasteiger partial charge in [-0.25, -0.2) is 0 Å². The highest BCUT2D eigenvalue weighted by molar-refractivity contribution is 5.95. The standard InChI is InChI=1S/C14H15N3O4/c1-21-13-9-10(3-6-12(13)17(19)20)14(18)16(8-2-7-15)11-4-5-11/h3,6,9,11H,2,4-5,8H2,1H3. The quantitative estimate of drug-likeness (QED) is 0.590. The Bertz CT molecular complexity index is 605. The van der Waals surface area contributed by atoms with Crippen molar-refractivity contribution in [2.75, 3.05) is 13.7 Å². The van der Waals surface area contributed by atoms with E-state index in [2.05, 4.69) is 0 Å². The van der Waals surface area contributed by atoms with E-state index in [4.69, 9.17) is 10.00 Å². The maximum atomic E-state index is 12.5. The summed E-state index contributed by atoms with van der Waals surface area (Å²) in [5.41, 5.74) is 0.159. The Kier molecular flexibility index (Phi) is 4.38. The normalized spacial score (nSPS) is 13.3. The van der Waals surface area contributed by atoms with Gasteiger partial charge in [-0.15, -0.1) is 0 Å². The van der Waals surface area contributed by atoms with Crippen LogP contribution in [-0.2, 0) is 0 Å². The smallest absolute Gasteiger partial charge is 0.310 e. The summed E-state index contributed by atoms with van der Waals surface area (Å²) < 4.78 is 4.97. The molecular weight excluding hydrogens is 274 g/mol. The maximum Gasteiger partial charge on any atom is 0.310 e. The van der Waals surface area contributed by atoms with E-state index in [9.17, 15) is 14.9 Å². The Hall–Kier alpha value is -2.62. The van der Waals surface area contributed by atoms with E-state index < -0.39 is 4.92 Å². The molecular formula is C14H15N3O4. The van der Waals surface area contributed by atoms with Crippen molar-refractivity contribution < 1.29 is 14.5 Å². The van der Waals surface area contributed by atoms with Crippen LogP contribution in [0.4, 0.5) is 5.69 Å². The molecule has 1 aliphatic rings. The monoisotopic (exact) mass is 289 g/mol. The van der Waals surface area contributed by atoms with Gasteiger partial charge in [-0.2, -0.15) is 5.26 Å². The first-order valence-corrected chi connectivity index (χ1v) is 6.58. The lowest BCUT2D eigenvalue weighted by molar-refractivity contribution is -0.385. The summed E-state index contributed by atoms with van der Waals surface area (Å²) >= 11 is 0. The highest BCUT2D eigenvalue weighted by Gasteiger charge is 2.33. The van der Waals surface area contributed by atoms with Crippen molar-refractivity contribution >= 4 is 11.6 Å². The van der Waals surface area contributed by atoms with Gasteiger partial charge in [0.05, 0.1) is 24.5 Å². The fraction of sp³-hybridized carbons (Fsp3) is 0.429. The zero-order chi connectivity index (χ0) is 15.4. The van der Waals surface area contributed by atoms with Crippen LogP contribution in [0, 0.1) is 21.4 Å². The third-order valence-corrected chi connectivity index (χ3v) is 3.34. The van der Waals surface area contributed by atoms with Crippen LogP contribution in [0.1, 0.15) is 29.6 Å². The maximum absolute atomic E-state index is 12.5. The molecule has 0 unspecified atom stereocenters. The first kappa shape index (κ1) is 14.8. The largest absolute Gasteiger partial charge is 0.490 e. The Morgan fingerprint density at radius 1 is 1.57 bits per heavy atom. The van der Waals surface area contributed by atoms with Crippen LogP contribution in [0.25, 0.3) is 0 Å². The number of carbonyl (C=O) groups is 1. The van der Waals surface area contributed by atoms with Crippen LogP contribution >= 0.6 is 0 Å². The van der Waals surface area contributed by atoms with E-state index in [-0.39, 0.29) is 29.8 Å². The van der Waals surface area contributed by atoms with Gasteiger partial charge in [-0.05, 0) is 18.9 Å². The van der Waals surface area contributed by atoms with Crippen molar-refractivity contribution in [3.8, 4) is 11.8 Å². The van der Waals surface area contributed by atoms with Gasteiger partial charge in [0.25, 0.3) is 5.91 Å². The fourth-order valence-electron chi connectivity index (χ4n) is 2.13. The molecule has 7 nitrogen and oxygen atoms in total. The lowest BCUT2D eigenvalue weighted by Gasteiger charge is -2.21. The topological polar surface area (TPSA) is 96.5 Å². The number of hydrogen-bond acceptors (Lipinski definition) is 5. The molecule has 1 aromatic carbocycles. The Morgan fingerprint density at radius 3 is 2.81 bits per heavy atom. The number of amides is 1. The summed E-state index contributed by atoms with van der Waals surface area (Å²) in [5.74, 6) is -0.164. The van der Waals surface area contributed by atoms with Crippen LogP contribution in [-0.4, -0.2) is 35.4 Å². The molecule has 1 amide bonds. The fourth-order valence-corrected chi connectivity index (χ4v) is 2.13. The summed E-state index contributed by atoms with van der Waals surface area (Å²) in [6, 6.07) is 6.26. The third kappa shape index (κ3) is 3.28. The summed E-state index contributed by atoms with van der Waals surface area (Å²) in [7, 11) is 1.32. The second-order valence-electron chi connectivity index (χ2n) is 4.78. The minimum atomic E-state index is -0.554. The molecule has 0 atom stereocenters. The lowest BCUT2D eigenvalue weighted by atomic mass is 10.1. The molecule has 0 aliphatic heterocycles. The minimum Gasteiger partial charge on any atom is -0.490 e. The average Bonchev–Trinajstić information content (AvgIpc) is 3.31. The van der Waals surface area contributed by atoms with E-state index in [1.165, 1.54) is 25.3 Å². The highest BCUT2D eigenvalue weighted by Crippen LogP contribution is 2.31. The van der Waals surface area contributed by atoms with Gasteiger partial charge in [0.1, 0.15) is 0 Å². The third-order valence-electron chi connectivity index (χ3n) is 3.34. The van der Waals surface area contributed by atoms with Gasteiger partial charge in [-0.3, -0.25) is 14.9 Å². The van der Waals surface area contributed by atoms with Crippen molar-refractivity contribution in [2.24, 2.45) is 0 Å². The second kappa shape index (κ2) is 6.22. The number of ether oxygens (including phenoxy) is 1. The number of carbonyl (C=O) groups excluding carboxylic acids is 1. The zero-order valence-electron chi connectivity index (χ0n) is 11.6. The van der Waals surface area contributed by atoms with Gasteiger partial charge in [0.15, 0.2) is 5.75 Å². The highest BCUT2D eigenvalue weighted by atomic mass is 16.6. The molecule has 110 valence electrons. The van der Waals surface area contributed by atoms with Crippen LogP contribution in [0.15, 0.2) is 18.2 Å². The van der Waals surface area contributed by atoms with Crippen LogP contribution in [0.3, 0.4) is 0 Å². The van der Waals surface area contributed by atoms with Gasteiger partial charge < -0.3 is 9.64 Å². The summed E-state index contributed by atoms with van der Waals surface area (Å²) in [5, 5.41) is 19.5. The summed E-state index contributed by atoms with van der Waals surface area (Å²) in [6.07, 6.45) is 2.13. The van der Waals surface area contributed by atoms with E-state index >= 15 is 0 Å². The van der Waals surface area contributed by atoms with Crippen LogP contribution < -0.4 is 4.74 Å². The molecule has 0 saturated heterocycles. The van der Waals surface area contributed by atoms with Crippen molar-refractivity contribution in [1.82, 2.24) is 4.90 Å². The number of benzene rings is 1. The van der Waals surface area contributed by atoms with E-state index in [0.717, 1.165) is 12.8 Å². The Balaban J connectivity index is 2.25. The molecule has 0 bridgehead atoms. The summed E-state index contributed by atoms with van der Waals surface area (Å²) in [6.45, 7) is 0.374. The number of nitro groups is 1. The molecule has 1 aliphatic carbocycles. The van der Waals surface area contributed by atoms with Crippen molar-refractivity contribution in [3.05, 3.63) is 33.9 Å². The number of rotatable bonds is 6. The Labute approximate surface area is 121 Å². The molecule has 0 spiro atoms. The van der Waals surface area contributed by atoms with Gasteiger partial charge >= 0.3 is 5.69 Å². The van der Waals surface area contributed by atoms with Crippen molar-refractivity contribution in [2.45, 2.75) is 25.3 Å². The molecule has 7 heteroatoms. The lowest BCUT2D eigenvalue weighted by Crippen LogP contribution is -2.33. The van der Waals surface area contributed by atoms with Crippen LogP contribution in [0.2, 0.25) is 0 Å². The van der Waals surface area contributed by atoms with Gasteiger partial charge in [-0.1, -0.05) is 0 Å². The van der Waals surface area contributed by atoms with E-state index in [0.29, 0.717) is 12.1 Å². The molecule has 1 saturated carbocycles. The molecule has 0 aromatic heterocycles. The summed E-state index contributed by atoms with van der Waals surface area (Å²) in [4.78, 5) is 24.4. The number of nitriles is 1. The molecule has 21 heavy (non-hydrogen) atoms. The first-order chi connectivity index (χ1) is 10.1. The second-order valence-corrected chi connectivity index (χ2v) is 4.78. The van der Waals surface area contributed by atoms with Crippen LogP contribution in [0.5, 0.6) is 5.75 Å². The van der Waals surface area contributed by atoms with Gasteiger partial charge in [0, 0.05) is 30.3 Å². The number of nitrogens with zero attached hydrogens (tertiary/aromatic N) is 3. The predicted molar refractivity (Wildman–Crippen MR) is 73.9 cm³/mol. The van der Waals surface area contributed by atoms with Crippen molar-refractivity contribution in [3.63, 3.8) is 0 Å². The average molecular weight is 289 g/mol. The molecule has 0 radical (unpaired) electrons. The molecule has 0 heterocycles. The Morgan fingerprint density at radius 2 is 2.29 bits per heavy atom. The first-order valence-electron chi connectivity index (χ1n) is 6.58. The van der Waals surface area contributed by atoms with E-state index in [1.807, 2.05) is 6.07 Å². The molecule has 1 aromatic rings. The number of hydrogen-bond donors (Lipinski definition) is 0. The number of methoxy groups -OCH3 is 1. The zero-order valence-corrected chi connectivity index (χ0v) is 11.6. The van der Waals surface area contributed by atoms with E-state index in [1.54, 1.807) is 4.90 Å². The van der Waals surface area contributed by atoms with Crippen molar-refractivity contribution in [1.29, 1.82) is 5.26 Å². The molecule has 1 fully saturated rings. The minimum absolute atomic E-state index is 0.0573. The molecule has 0 N–H and O–H groups in total.